The van der Waals surface area contributed by atoms with Crippen molar-refractivity contribution in [3.63, 3.8) is 0 Å². The first-order valence-corrected chi connectivity index (χ1v) is 8.53. The fourth-order valence-electron chi connectivity index (χ4n) is 3.17. The Balaban J connectivity index is 2.20. The molecule has 0 spiro atoms. The molecule has 1 aliphatic rings. The van der Waals surface area contributed by atoms with E-state index in [0.717, 1.165) is 32.1 Å². The molecule has 0 radical (unpaired) electrons. The van der Waals surface area contributed by atoms with E-state index in [9.17, 15) is 19.5 Å². The molecule has 0 heterocycles. The van der Waals surface area contributed by atoms with Crippen molar-refractivity contribution in [1.82, 2.24) is 0 Å². The van der Waals surface area contributed by atoms with E-state index in [1.807, 2.05) is 0 Å². The van der Waals surface area contributed by atoms with Crippen LogP contribution in [0.25, 0.3) is 0 Å². The van der Waals surface area contributed by atoms with E-state index in [4.69, 9.17) is 9.84 Å². The summed E-state index contributed by atoms with van der Waals surface area (Å²) in [5.41, 5.74) is 0. The van der Waals surface area contributed by atoms with Crippen LogP contribution in [0, 0.1) is 17.8 Å². The molecule has 23 heavy (non-hydrogen) atoms. The molecule has 6 nitrogen and oxygen atoms in total. The van der Waals surface area contributed by atoms with Crippen LogP contribution in [0.4, 0.5) is 0 Å². The normalized spacial score (nSPS) is 22.3. The monoisotopic (exact) mass is 328 g/mol. The summed E-state index contributed by atoms with van der Waals surface area (Å²) in [6.45, 7) is 2.37. The molecule has 0 aromatic rings. The van der Waals surface area contributed by atoms with Gasteiger partial charge in [-0.2, -0.15) is 0 Å². The Morgan fingerprint density at radius 2 is 1.65 bits per heavy atom. The number of carbonyl (C=O) groups excluding carboxylic acids is 1. The van der Waals surface area contributed by atoms with Crippen LogP contribution in [0.15, 0.2) is 0 Å². The Morgan fingerprint density at radius 1 is 1.04 bits per heavy atom. The van der Waals surface area contributed by atoms with Crippen LogP contribution in [-0.4, -0.2) is 34.7 Å². The number of hydrogen-bond donors (Lipinski definition) is 2. The molecular formula is C17H28O6. The van der Waals surface area contributed by atoms with E-state index in [1.165, 1.54) is 0 Å². The van der Waals surface area contributed by atoms with Gasteiger partial charge >= 0.3 is 17.9 Å². The van der Waals surface area contributed by atoms with E-state index in [0.29, 0.717) is 31.8 Å². The summed E-state index contributed by atoms with van der Waals surface area (Å²) in [6.07, 6.45) is 6.19. The van der Waals surface area contributed by atoms with Crippen molar-refractivity contribution in [2.75, 3.05) is 6.61 Å². The van der Waals surface area contributed by atoms with Gasteiger partial charge < -0.3 is 14.9 Å². The standard InChI is InChI=1S/C17H28O6/c1-12(6-4-10-15(18)19)7-5-11-23-17(22)14-9-3-2-8-13(14)16(20)21/h12-14H,2-11H2,1H3,(H,18,19)(H,20,21)/t12?,13-,14-/m0/s1. The van der Waals surface area contributed by atoms with Crippen molar-refractivity contribution in [3.05, 3.63) is 0 Å². The highest BCUT2D eigenvalue weighted by atomic mass is 16.5. The zero-order valence-electron chi connectivity index (χ0n) is 13.8. The summed E-state index contributed by atoms with van der Waals surface area (Å²) in [4.78, 5) is 33.7. The van der Waals surface area contributed by atoms with Gasteiger partial charge in [0.2, 0.25) is 0 Å². The third-order valence-electron chi connectivity index (χ3n) is 4.56. The van der Waals surface area contributed by atoms with Crippen molar-refractivity contribution in [1.29, 1.82) is 0 Å². The van der Waals surface area contributed by atoms with Crippen LogP contribution in [0.3, 0.4) is 0 Å². The van der Waals surface area contributed by atoms with Gasteiger partial charge in [-0.05, 0) is 38.0 Å². The highest BCUT2D eigenvalue weighted by molar-refractivity contribution is 5.81. The fraction of sp³-hybridized carbons (Fsp3) is 0.824. The second-order valence-electron chi connectivity index (χ2n) is 6.54. The van der Waals surface area contributed by atoms with E-state index >= 15 is 0 Å². The molecular weight excluding hydrogens is 300 g/mol. The average molecular weight is 328 g/mol. The van der Waals surface area contributed by atoms with Crippen molar-refractivity contribution >= 4 is 17.9 Å². The van der Waals surface area contributed by atoms with Crippen molar-refractivity contribution in [3.8, 4) is 0 Å². The number of hydrogen-bond acceptors (Lipinski definition) is 4. The van der Waals surface area contributed by atoms with Gasteiger partial charge in [-0.25, -0.2) is 0 Å². The van der Waals surface area contributed by atoms with Crippen molar-refractivity contribution in [2.24, 2.45) is 17.8 Å². The minimum Gasteiger partial charge on any atom is -0.481 e. The number of esters is 1. The summed E-state index contributed by atoms with van der Waals surface area (Å²) in [7, 11) is 0. The lowest BCUT2D eigenvalue weighted by molar-refractivity contribution is -0.159. The Labute approximate surface area is 137 Å². The van der Waals surface area contributed by atoms with Gasteiger partial charge in [0, 0.05) is 6.42 Å². The van der Waals surface area contributed by atoms with E-state index < -0.39 is 23.8 Å². The maximum atomic E-state index is 12.1. The SMILES string of the molecule is CC(CCCOC(=O)[C@H]1CCCC[C@@H]1C(=O)O)CCCC(=O)O. The van der Waals surface area contributed by atoms with Crippen LogP contribution < -0.4 is 0 Å². The summed E-state index contributed by atoms with van der Waals surface area (Å²) < 4.78 is 5.26. The predicted octanol–water partition coefficient (Wildman–Crippen LogP) is 3.09. The van der Waals surface area contributed by atoms with Crippen molar-refractivity contribution < 1.29 is 29.3 Å². The Kier molecular flexibility index (Phi) is 8.66. The molecule has 1 unspecified atom stereocenters. The van der Waals surface area contributed by atoms with Crippen molar-refractivity contribution in [2.45, 2.75) is 64.7 Å². The first-order valence-electron chi connectivity index (χ1n) is 8.53. The molecule has 0 saturated heterocycles. The first kappa shape index (κ1) is 19.5. The van der Waals surface area contributed by atoms with Gasteiger partial charge in [0.15, 0.2) is 0 Å². The number of rotatable bonds is 10. The zero-order chi connectivity index (χ0) is 17.2. The number of carbonyl (C=O) groups is 3. The fourth-order valence-corrected chi connectivity index (χ4v) is 3.17. The molecule has 0 aliphatic heterocycles. The molecule has 1 fully saturated rings. The summed E-state index contributed by atoms with van der Waals surface area (Å²) >= 11 is 0. The smallest absolute Gasteiger partial charge is 0.309 e. The molecule has 0 amide bonds. The number of carboxylic acids is 2. The molecule has 0 aromatic carbocycles. The van der Waals surface area contributed by atoms with Gasteiger partial charge in [-0.3, -0.25) is 14.4 Å². The van der Waals surface area contributed by atoms with Gasteiger partial charge in [-0.15, -0.1) is 0 Å². The maximum Gasteiger partial charge on any atom is 0.309 e. The summed E-state index contributed by atoms with van der Waals surface area (Å²) in [5.74, 6) is -2.77. The molecule has 0 aromatic heterocycles. The topological polar surface area (TPSA) is 101 Å². The van der Waals surface area contributed by atoms with Crippen LogP contribution in [0.2, 0.25) is 0 Å². The Hall–Kier alpha value is -1.59. The Bertz CT molecular complexity index is 406. The molecule has 1 saturated carbocycles. The highest BCUT2D eigenvalue weighted by Gasteiger charge is 2.36. The zero-order valence-corrected chi connectivity index (χ0v) is 13.8. The average Bonchev–Trinajstić information content (AvgIpc) is 2.51. The number of carboxylic acid groups (broad SMARTS) is 2. The Morgan fingerprint density at radius 3 is 2.26 bits per heavy atom. The summed E-state index contributed by atoms with van der Waals surface area (Å²) in [6, 6.07) is 0. The third-order valence-corrected chi connectivity index (χ3v) is 4.56. The second-order valence-corrected chi connectivity index (χ2v) is 6.54. The number of aliphatic carboxylic acids is 2. The predicted molar refractivity (Wildman–Crippen MR) is 83.9 cm³/mol. The van der Waals surface area contributed by atoms with E-state index in [2.05, 4.69) is 6.92 Å². The van der Waals surface area contributed by atoms with Crippen LogP contribution >= 0.6 is 0 Å². The number of ether oxygens (including phenoxy) is 1. The molecule has 1 aliphatic carbocycles. The molecule has 0 bridgehead atoms. The lowest BCUT2D eigenvalue weighted by Gasteiger charge is -2.26. The largest absolute Gasteiger partial charge is 0.481 e. The van der Waals surface area contributed by atoms with Crippen LogP contribution in [0.1, 0.15) is 64.7 Å². The second kappa shape index (κ2) is 10.2. The van der Waals surface area contributed by atoms with Crippen LogP contribution in [0.5, 0.6) is 0 Å². The summed E-state index contributed by atoms with van der Waals surface area (Å²) in [5, 5.41) is 17.8. The van der Waals surface area contributed by atoms with Gasteiger partial charge in [0.25, 0.3) is 0 Å². The van der Waals surface area contributed by atoms with Crippen LogP contribution in [-0.2, 0) is 19.1 Å². The molecule has 3 atom stereocenters. The highest BCUT2D eigenvalue weighted by Crippen LogP contribution is 2.31. The van der Waals surface area contributed by atoms with E-state index in [1.54, 1.807) is 0 Å². The van der Waals surface area contributed by atoms with E-state index in [-0.39, 0.29) is 12.4 Å². The minimum absolute atomic E-state index is 0.192. The van der Waals surface area contributed by atoms with Gasteiger partial charge in [0.1, 0.15) is 0 Å². The lowest BCUT2D eigenvalue weighted by atomic mass is 9.79. The quantitative estimate of drug-likeness (QED) is 0.472. The van der Waals surface area contributed by atoms with Gasteiger partial charge in [-0.1, -0.05) is 26.2 Å². The molecule has 132 valence electrons. The lowest BCUT2D eigenvalue weighted by Crippen LogP contribution is -2.34. The molecule has 2 N–H and O–H groups in total. The molecule has 1 rings (SSSR count). The minimum atomic E-state index is -0.904. The molecule has 6 heteroatoms. The van der Waals surface area contributed by atoms with Gasteiger partial charge in [0.05, 0.1) is 18.4 Å². The maximum absolute atomic E-state index is 12.1. The first-order chi connectivity index (χ1) is 10.9. The third kappa shape index (κ3) is 7.48.